The van der Waals surface area contributed by atoms with Gasteiger partial charge in [-0.2, -0.15) is 5.10 Å². The number of hydrogen-bond acceptors (Lipinski definition) is 8. The Labute approximate surface area is 237 Å². The number of hydrogen-bond donors (Lipinski definition) is 0. The summed E-state index contributed by atoms with van der Waals surface area (Å²) >= 11 is 0. The Morgan fingerprint density at radius 2 is 1.73 bits per heavy atom. The van der Waals surface area contributed by atoms with Gasteiger partial charge in [-0.25, -0.2) is 9.80 Å². The molecule has 0 aromatic heterocycles. The molecule has 0 saturated carbocycles. The molecule has 3 aliphatic heterocycles. The zero-order chi connectivity index (χ0) is 28.8. The van der Waals surface area contributed by atoms with E-state index >= 15 is 0 Å². The fourth-order valence-electron chi connectivity index (χ4n) is 5.65. The number of methoxy groups -OCH3 is 2. The SMILES string of the molecule is C=C(C)C1Cc2c(ccc(C3=NN(C(C)=O)C4COc5cc(OC)c(OC)cc5C34)c2OC(=O)c2ccccc2)O1. The van der Waals surface area contributed by atoms with Crippen LogP contribution < -0.4 is 23.7 Å². The van der Waals surface area contributed by atoms with E-state index in [4.69, 9.17) is 28.8 Å². The van der Waals surface area contributed by atoms with E-state index in [9.17, 15) is 9.59 Å². The number of fused-ring (bicyclic) bond motifs is 4. The molecule has 3 heterocycles. The van der Waals surface area contributed by atoms with Crippen molar-refractivity contribution in [2.24, 2.45) is 5.10 Å². The first-order valence-corrected chi connectivity index (χ1v) is 13.3. The van der Waals surface area contributed by atoms with Crippen molar-refractivity contribution >= 4 is 17.6 Å². The van der Waals surface area contributed by atoms with E-state index in [1.165, 1.54) is 11.9 Å². The highest BCUT2D eigenvalue weighted by molar-refractivity contribution is 6.11. The molecule has 6 rings (SSSR count). The minimum Gasteiger partial charge on any atom is -0.493 e. The van der Waals surface area contributed by atoms with E-state index in [2.05, 4.69) is 6.58 Å². The molecule has 0 N–H and O–H groups in total. The molecule has 0 radical (unpaired) electrons. The number of amides is 1. The molecule has 41 heavy (non-hydrogen) atoms. The van der Waals surface area contributed by atoms with Crippen LogP contribution >= 0.6 is 0 Å². The van der Waals surface area contributed by atoms with Crippen molar-refractivity contribution in [3.63, 3.8) is 0 Å². The van der Waals surface area contributed by atoms with Crippen LogP contribution in [0.5, 0.6) is 28.7 Å². The molecular weight excluding hydrogens is 524 g/mol. The van der Waals surface area contributed by atoms with Crippen molar-refractivity contribution in [2.75, 3.05) is 20.8 Å². The second-order valence-electron chi connectivity index (χ2n) is 10.3. The molecule has 0 spiro atoms. The Morgan fingerprint density at radius 1 is 1.00 bits per heavy atom. The summed E-state index contributed by atoms with van der Waals surface area (Å²) in [6.07, 6.45) is 0.236. The highest BCUT2D eigenvalue weighted by Crippen LogP contribution is 2.49. The smallest absolute Gasteiger partial charge is 0.343 e. The summed E-state index contributed by atoms with van der Waals surface area (Å²) in [5.41, 5.74) is 4.00. The van der Waals surface area contributed by atoms with E-state index < -0.39 is 12.0 Å². The number of benzene rings is 3. The fourth-order valence-corrected chi connectivity index (χ4v) is 5.65. The molecule has 3 atom stereocenters. The third-order valence-corrected chi connectivity index (χ3v) is 7.70. The van der Waals surface area contributed by atoms with Gasteiger partial charge < -0.3 is 23.7 Å². The third kappa shape index (κ3) is 4.47. The Bertz CT molecular complexity index is 1600. The lowest BCUT2D eigenvalue weighted by Crippen LogP contribution is -2.42. The van der Waals surface area contributed by atoms with Crippen LogP contribution in [0.3, 0.4) is 0 Å². The molecule has 1 amide bonds. The zero-order valence-electron chi connectivity index (χ0n) is 23.3. The number of rotatable bonds is 6. The van der Waals surface area contributed by atoms with Gasteiger partial charge >= 0.3 is 5.97 Å². The summed E-state index contributed by atoms with van der Waals surface area (Å²) in [6, 6.07) is 15.7. The highest BCUT2D eigenvalue weighted by Gasteiger charge is 2.47. The number of carbonyl (C=O) groups is 2. The van der Waals surface area contributed by atoms with Crippen molar-refractivity contribution < 1.29 is 33.3 Å². The number of hydrazone groups is 1. The standard InChI is InChI=1S/C32H30N2O7/c1-17(2)25-14-22-24(40-25)12-11-20(31(22)41-32(36)19-9-7-6-8-10-19)30-29-21-13-27(37-4)28(38-5)15-26(21)39-16-23(29)34(33-30)18(3)35/h6-13,15,23,25,29H,1,14,16H2,2-5H3. The van der Waals surface area contributed by atoms with Crippen LogP contribution in [0.25, 0.3) is 0 Å². The Morgan fingerprint density at radius 3 is 2.41 bits per heavy atom. The molecular formula is C32H30N2O7. The average Bonchev–Trinajstić information content (AvgIpc) is 3.60. The van der Waals surface area contributed by atoms with Gasteiger partial charge in [0.05, 0.1) is 31.4 Å². The van der Waals surface area contributed by atoms with E-state index in [0.29, 0.717) is 52.0 Å². The van der Waals surface area contributed by atoms with Crippen LogP contribution in [-0.4, -0.2) is 55.6 Å². The van der Waals surface area contributed by atoms with Gasteiger partial charge in [0, 0.05) is 36.1 Å². The molecule has 0 fully saturated rings. The van der Waals surface area contributed by atoms with Crippen molar-refractivity contribution in [2.45, 2.75) is 38.3 Å². The molecule has 0 saturated heterocycles. The van der Waals surface area contributed by atoms with Crippen LogP contribution in [0.15, 0.2) is 71.9 Å². The number of carbonyl (C=O) groups excluding carboxylic acids is 2. The first kappa shape index (κ1) is 26.4. The third-order valence-electron chi connectivity index (χ3n) is 7.70. The second kappa shape index (κ2) is 10.3. The Kier molecular flexibility index (Phi) is 6.65. The summed E-state index contributed by atoms with van der Waals surface area (Å²) in [4.78, 5) is 26.1. The summed E-state index contributed by atoms with van der Waals surface area (Å²) in [7, 11) is 3.13. The maximum atomic E-state index is 13.4. The molecule has 3 aromatic rings. The summed E-state index contributed by atoms with van der Waals surface area (Å²) in [5, 5.41) is 6.27. The molecule has 210 valence electrons. The summed E-state index contributed by atoms with van der Waals surface area (Å²) in [6.45, 7) is 7.66. The van der Waals surface area contributed by atoms with Crippen LogP contribution in [0.2, 0.25) is 0 Å². The topological polar surface area (TPSA) is 95.9 Å². The van der Waals surface area contributed by atoms with E-state index in [1.807, 2.05) is 31.2 Å². The van der Waals surface area contributed by atoms with Crippen LogP contribution in [0.1, 0.15) is 46.8 Å². The zero-order valence-corrected chi connectivity index (χ0v) is 23.3. The van der Waals surface area contributed by atoms with Gasteiger partial charge in [0.2, 0.25) is 5.91 Å². The Balaban J connectivity index is 1.52. The lowest BCUT2D eigenvalue weighted by atomic mass is 9.82. The molecule has 3 unspecified atom stereocenters. The fraction of sp³-hybridized carbons (Fsp3) is 0.281. The van der Waals surface area contributed by atoms with Crippen LogP contribution in [0.4, 0.5) is 0 Å². The minimum atomic E-state index is -0.503. The predicted molar refractivity (Wildman–Crippen MR) is 151 cm³/mol. The van der Waals surface area contributed by atoms with E-state index in [1.54, 1.807) is 44.6 Å². The van der Waals surface area contributed by atoms with Gasteiger partial charge in [0.1, 0.15) is 36.0 Å². The normalized spacial score (nSPS) is 20.0. The van der Waals surface area contributed by atoms with E-state index in [-0.39, 0.29) is 24.5 Å². The van der Waals surface area contributed by atoms with Gasteiger partial charge in [-0.15, -0.1) is 0 Å². The lowest BCUT2D eigenvalue weighted by Gasteiger charge is -2.32. The van der Waals surface area contributed by atoms with Crippen molar-refractivity contribution in [1.82, 2.24) is 5.01 Å². The van der Waals surface area contributed by atoms with Gasteiger partial charge in [0.25, 0.3) is 0 Å². The molecule has 9 heteroatoms. The number of ether oxygens (including phenoxy) is 5. The second-order valence-corrected chi connectivity index (χ2v) is 10.3. The van der Waals surface area contributed by atoms with Gasteiger partial charge in [-0.1, -0.05) is 24.8 Å². The predicted octanol–water partition coefficient (Wildman–Crippen LogP) is 4.91. The van der Waals surface area contributed by atoms with E-state index in [0.717, 1.165) is 16.7 Å². The summed E-state index contributed by atoms with van der Waals surface area (Å²) in [5.74, 6) is 1.53. The number of nitrogens with zero attached hydrogens (tertiary/aromatic N) is 2. The molecule has 9 nitrogen and oxygen atoms in total. The monoisotopic (exact) mass is 554 g/mol. The van der Waals surface area contributed by atoms with Crippen LogP contribution in [0, 0.1) is 0 Å². The average molecular weight is 555 g/mol. The van der Waals surface area contributed by atoms with Crippen LogP contribution in [-0.2, 0) is 11.2 Å². The highest BCUT2D eigenvalue weighted by atomic mass is 16.5. The molecule has 0 bridgehead atoms. The van der Waals surface area contributed by atoms with Gasteiger partial charge in [-0.3, -0.25) is 4.79 Å². The molecule has 3 aromatic carbocycles. The van der Waals surface area contributed by atoms with Crippen molar-refractivity contribution in [3.05, 3.63) is 89.0 Å². The largest absolute Gasteiger partial charge is 0.493 e. The quantitative estimate of drug-likeness (QED) is 0.243. The number of esters is 1. The van der Waals surface area contributed by atoms with Crippen molar-refractivity contribution in [1.29, 1.82) is 0 Å². The lowest BCUT2D eigenvalue weighted by molar-refractivity contribution is -0.131. The van der Waals surface area contributed by atoms with Gasteiger partial charge in [-0.05, 0) is 42.8 Å². The first-order valence-electron chi connectivity index (χ1n) is 13.3. The molecule has 0 aliphatic carbocycles. The summed E-state index contributed by atoms with van der Waals surface area (Å²) < 4.78 is 29.5. The maximum absolute atomic E-state index is 13.4. The molecule has 3 aliphatic rings. The minimum absolute atomic E-state index is 0.225. The van der Waals surface area contributed by atoms with Gasteiger partial charge in [0.15, 0.2) is 11.5 Å². The maximum Gasteiger partial charge on any atom is 0.343 e. The first-order chi connectivity index (χ1) is 19.8. The van der Waals surface area contributed by atoms with Crippen molar-refractivity contribution in [3.8, 4) is 28.7 Å². The Hall–Kier alpha value is -4.79.